The topological polar surface area (TPSA) is 0 Å². The van der Waals surface area contributed by atoms with Crippen molar-refractivity contribution in [1.29, 1.82) is 0 Å². The molecule has 6 unspecified atom stereocenters. The van der Waals surface area contributed by atoms with Crippen LogP contribution in [-0.2, 0) is 0 Å². The maximum atomic E-state index is 4.11. The van der Waals surface area contributed by atoms with E-state index in [4.69, 9.17) is 0 Å². The first kappa shape index (κ1) is 12.5. The Morgan fingerprint density at radius 1 is 1.06 bits per heavy atom. The van der Waals surface area contributed by atoms with E-state index in [0.29, 0.717) is 0 Å². The Labute approximate surface area is 113 Å². The molecule has 3 aliphatic carbocycles. The van der Waals surface area contributed by atoms with Crippen molar-refractivity contribution in [3.63, 3.8) is 0 Å². The maximum Gasteiger partial charge on any atom is -0.0194 e. The molecule has 0 aromatic heterocycles. The normalized spacial score (nSPS) is 45.8. The fourth-order valence-electron chi connectivity index (χ4n) is 5.33. The van der Waals surface area contributed by atoms with Crippen molar-refractivity contribution in [3.8, 4) is 0 Å². The van der Waals surface area contributed by atoms with Gasteiger partial charge in [0.15, 0.2) is 0 Å². The van der Waals surface area contributed by atoms with Crippen molar-refractivity contribution in [3.05, 3.63) is 24.8 Å². The Balaban J connectivity index is 1.68. The van der Waals surface area contributed by atoms with Crippen LogP contribution in [0.2, 0.25) is 0 Å². The van der Waals surface area contributed by atoms with Gasteiger partial charge in [0.1, 0.15) is 0 Å². The van der Waals surface area contributed by atoms with Gasteiger partial charge in [-0.2, -0.15) is 0 Å². The van der Waals surface area contributed by atoms with Gasteiger partial charge in [-0.05, 0) is 67.6 Å². The summed E-state index contributed by atoms with van der Waals surface area (Å²) in [6.07, 6.45) is 17.3. The van der Waals surface area contributed by atoms with Gasteiger partial charge in [0, 0.05) is 0 Å². The molecule has 3 rings (SSSR count). The predicted octanol–water partition coefficient (Wildman–Crippen LogP) is 5.22. The zero-order chi connectivity index (χ0) is 12.5. The van der Waals surface area contributed by atoms with Crippen LogP contribution in [0, 0.1) is 35.5 Å². The Bertz CT molecular complexity index is 327. The van der Waals surface area contributed by atoms with Crippen molar-refractivity contribution in [1.82, 2.24) is 0 Å². The van der Waals surface area contributed by atoms with E-state index in [-0.39, 0.29) is 0 Å². The second-order valence-electron chi connectivity index (χ2n) is 6.86. The number of hydrogen-bond acceptors (Lipinski definition) is 0. The largest absolute Gasteiger partial charge is 0.103 e. The van der Waals surface area contributed by atoms with Gasteiger partial charge in [0.2, 0.25) is 0 Å². The molecule has 6 atom stereocenters. The molecule has 3 saturated carbocycles. The summed E-state index contributed by atoms with van der Waals surface area (Å²) in [5, 5.41) is 0. The summed E-state index contributed by atoms with van der Waals surface area (Å²) in [4.78, 5) is 0. The molecule has 0 N–H and O–H groups in total. The second-order valence-corrected chi connectivity index (χ2v) is 6.86. The molecule has 0 aromatic rings. The molecule has 0 heterocycles. The standard InChI is InChI=1S/C18H28/c1-3-5-6-7-8-14-11-13(4-2)17-15-9-10-16(12-15)18(14)17/h4,7-8,13-18H,2-3,5-6,9-12H2,1H3/b8-7+. The summed E-state index contributed by atoms with van der Waals surface area (Å²) in [6, 6.07) is 0. The average Bonchev–Trinajstić information content (AvgIpc) is 3.06. The molecule has 0 aromatic carbocycles. The van der Waals surface area contributed by atoms with Gasteiger partial charge in [0.25, 0.3) is 0 Å². The van der Waals surface area contributed by atoms with Gasteiger partial charge < -0.3 is 0 Å². The number of unbranched alkanes of at least 4 members (excludes halogenated alkanes) is 2. The molecular weight excluding hydrogens is 216 g/mol. The molecule has 0 spiro atoms. The van der Waals surface area contributed by atoms with Crippen molar-refractivity contribution in [2.24, 2.45) is 35.5 Å². The van der Waals surface area contributed by atoms with E-state index in [1.165, 1.54) is 38.5 Å². The summed E-state index contributed by atoms with van der Waals surface area (Å²) >= 11 is 0. The highest BCUT2D eigenvalue weighted by atomic mass is 14.6. The summed E-state index contributed by atoms with van der Waals surface area (Å²) in [6.45, 7) is 6.39. The van der Waals surface area contributed by atoms with Crippen LogP contribution < -0.4 is 0 Å². The lowest BCUT2D eigenvalue weighted by molar-refractivity contribution is 0.215. The van der Waals surface area contributed by atoms with Gasteiger partial charge in [-0.3, -0.25) is 0 Å². The van der Waals surface area contributed by atoms with Gasteiger partial charge in [-0.25, -0.2) is 0 Å². The SMILES string of the molecule is C=CC1CC(/C=C/CCCC)C2C3CCC(C3)C12. The summed E-state index contributed by atoms with van der Waals surface area (Å²) in [5.74, 6) is 5.84. The third-order valence-corrected chi connectivity index (χ3v) is 5.99. The monoisotopic (exact) mass is 244 g/mol. The molecular formula is C18H28. The van der Waals surface area contributed by atoms with Crippen LogP contribution in [0.25, 0.3) is 0 Å². The Kier molecular flexibility index (Phi) is 3.63. The molecule has 3 fully saturated rings. The van der Waals surface area contributed by atoms with Gasteiger partial charge >= 0.3 is 0 Å². The van der Waals surface area contributed by atoms with Crippen LogP contribution >= 0.6 is 0 Å². The summed E-state index contributed by atoms with van der Waals surface area (Å²) < 4.78 is 0. The van der Waals surface area contributed by atoms with E-state index in [2.05, 4.69) is 31.7 Å². The van der Waals surface area contributed by atoms with E-state index >= 15 is 0 Å². The van der Waals surface area contributed by atoms with Crippen LogP contribution in [0.1, 0.15) is 51.9 Å². The lowest BCUT2D eigenvalue weighted by Gasteiger charge is -2.29. The zero-order valence-electron chi connectivity index (χ0n) is 11.9. The van der Waals surface area contributed by atoms with Crippen molar-refractivity contribution >= 4 is 0 Å². The molecule has 0 nitrogen and oxygen atoms in total. The van der Waals surface area contributed by atoms with Crippen LogP contribution in [-0.4, -0.2) is 0 Å². The van der Waals surface area contributed by atoms with E-state index in [1.807, 2.05) is 0 Å². The first-order chi connectivity index (χ1) is 8.85. The van der Waals surface area contributed by atoms with Crippen molar-refractivity contribution in [2.45, 2.75) is 51.9 Å². The molecule has 0 radical (unpaired) electrons. The minimum atomic E-state index is 0.825. The Morgan fingerprint density at radius 3 is 2.44 bits per heavy atom. The van der Waals surface area contributed by atoms with Crippen LogP contribution in [0.3, 0.4) is 0 Å². The lowest BCUT2D eigenvalue weighted by atomic mass is 9.76. The highest BCUT2D eigenvalue weighted by Crippen LogP contribution is 2.63. The first-order valence-corrected chi connectivity index (χ1v) is 8.14. The number of rotatable bonds is 5. The molecule has 2 bridgehead atoms. The molecule has 18 heavy (non-hydrogen) atoms. The molecule has 0 amide bonds. The highest BCUT2D eigenvalue weighted by molar-refractivity contribution is 5.13. The van der Waals surface area contributed by atoms with Gasteiger partial charge in [0.05, 0.1) is 0 Å². The third-order valence-electron chi connectivity index (χ3n) is 5.99. The molecule has 100 valence electrons. The summed E-state index contributed by atoms with van der Waals surface area (Å²) in [7, 11) is 0. The number of allylic oxidation sites excluding steroid dienone is 3. The highest BCUT2D eigenvalue weighted by Gasteiger charge is 2.55. The molecule has 3 aliphatic rings. The fraction of sp³-hybridized carbons (Fsp3) is 0.778. The average molecular weight is 244 g/mol. The van der Waals surface area contributed by atoms with Crippen molar-refractivity contribution in [2.75, 3.05) is 0 Å². The van der Waals surface area contributed by atoms with Crippen LogP contribution in [0.4, 0.5) is 0 Å². The van der Waals surface area contributed by atoms with E-state index in [0.717, 1.165) is 35.5 Å². The number of hydrogen-bond donors (Lipinski definition) is 0. The minimum absolute atomic E-state index is 0.825. The van der Waals surface area contributed by atoms with Gasteiger partial charge in [-0.15, -0.1) is 6.58 Å². The smallest absolute Gasteiger partial charge is 0.0194 e. The molecule has 0 aliphatic heterocycles. The summed E-state index contributed by atoms with van der Waals surface area (Å²) in [5.41, 5.74) is 0. The fourth-order valence-corrected chi connectivity index (χ4v) is 5.33. The Hall–Kier alpha value is -0.520. The van der Waals surface area contributed by atoms with Crippen LogP contribution in [0.5, 0.6) is 0 Å². The third kappa shape index (κ3) is 1.98. The lowest BCUT2D eigenvalue weighted by Crippen LogP contribution is -2.23. The number of fused-ring (bicyclic) bond motifs is 5. The van der Waals surface area contributed by atoms with E-state index in [1.54, 1.807) is 6.42 Å². The maximum absolute atomic E-state index is 4.11. The van der Waals surface area contributed by atoms with E-state index in [9.17, 15) is 0 Å². The van der Waals surface area contributed by atoms with E-state index < -0.39 is 0 Å². The minimum Gasteiger partial charge on any atom is -0.103 e. The Morgan fingerprint density at radius 2 is 1.78 bits per heavy atom. The molecule has 0 heteroatoms. The van der Waals surface area contributed by atoms with Gasteiger partial charge in [-0.1, -0.05) is 38.0 Å². The van der Waals surface area contributed by atoms with Crippen LogP contribution in [0.15, 0.2) is 24.8 Å². The predicted molar refractivity (Wildman–Crippen MR) is 78.3 cm³/mol. The first-order valence-electron chi connectivity index (χ1n) is 8.14. The van der Waals surface area contributed by atoms with Crippen molar-refractivity contribution < 1.29 is 0 Å². The quantitative estimate of drug-likeness (QED) is 0.459. The zero-order valence-corrected chi connectivity index (χ0v) is 11.9. The second kappa shape index (κ2) is 5.23. The molecule has 0 saturated heterocycles.